The van der Waals surface area contributed by atoms with Crippen molar-refractivity contribution >= 4 is 8.25 Å². The van der Waals surface area contributed by atoms with Crippen molar-refractivity contribution in [2.45, 2.75) is 33.1 Å². The number of rotatable bonds is 8. The second kappa shape index (κ2) is 8.20. The van der Waals surface area contributed by atoms with Crippen molar-refractivity contribution in [1.29, 1.82) is 0 Å². The van der Waals surface area contributed by atoms with Crippen LogP contribution in [-0.4, -0.2) is 11.5 Å². The van der Waals surface area contributed by atoms with Crippen molar-refractivity contribution in [2.24, 2.45) is 5.41 Å². The number of hydrogen-bond donors (Lipinski definition) is 1. The predicted octanol–water partition coefficient (Wildman–Crippen LogP) is 3.59. The zero-order valence-electron chi connectivity index (χ0n) is 10.5. The van der Waals surface area contributed by atoms with Crippen LogP contribution in [0.2, 0.25) is 0 Å². The molecule has 1 atom stereocenters. The number of hydrogen-bond acceptors (Lipinski definition) is 2. The molecule has 0 spiro atoms. The molecule has 0 aromatic heterocycles. The molecule has 1 N–H and O–H groups in total. The third-order valence-corrected chi connectivity index (χ3v) is 2.90. The predicted molar refractivity (Wildman–Crippen MR) is 70.5 cm³/mol. The van der Waals surface area contributed by atoms with Crippen LogP contribution in [0.5, 0.6) is 0 Å². The Kier molecular flexibility index (Phi) is 7.74. The summed E-state index contributed by atoms with van der Waals surface area (Å²) in [5.41, 5.74) is 0.835. The fraction of sp³-hybridized carbons (Fsp3) is 0.538. The fourth-order valence-electron chi connectivity index (χ4n) is 1.38. The van der Waals surface area contributed by atoms with Crippen LogP contribution in [-0.2, 0) is 9.09 Å². The van der Waals surface area contributed by atoms with Gasteiger partial charge in [-0.2, -0.15) is 0 Å². The van der Waals surface area contributed by atoms with Crippen LogP contribution in [0.4, 0.5) is 0 Å². The van der Waals surface area contributed by atoms with E-state index in [0.29, 0.717) is 6.42 Å². The highest BCUT2D eigenvalue weighted by Gasteiger charge is 2.19. The third-order valence-electron chi connectivity index (χ3n) is 2.49. The van der Waals surface area contributed by atoms with E-state index in [2.05, 4.69) is 17.0 Å². The van der Waals surface area contributed by atoms with Crippen molar-refractivity contribution < 1.29 is 14.0 Å². The maximum Gasteiger partial charge on any atom is 0.694 e. The summed E-state index contributed by atoms with van der Waals surface area (Å²) in [6.07, 6.45) is 11.6. The third kappa shape index (κ3) is 7.07. The van der Waals surface area contributed by atoms with E-state index in [9.17, 15) is 4.57 Å². The topological polar surface area (TPSA) is 46.5 Å². The van der Waals surface area contributed by atoms with Gasteiger partial charge in [-0.15, -0.1) is 22.4 Å². The van der Waals surface area contributed by atoms with Crippen molar-refractivity contribution in [3.63, 3.8) is 0 Å². The van der Waals surface area contributed by atoms with Crippen molar-refractivity contribution in [3.05, 3.63) is 24.3 Å². The molecule has 0 aliphatic rings. The molecule has 3 nitrogen and oxygen atoms in total. The van der Waals surface area contributed by atoms with Gasteiger partial charge < -0.3 is 0 Å². The average molecular weight is 255 g/mol. The standard InChI is InChI=1S/C13H19O3P/c1-5-7-9-12(13(3,4)6-2)10-8-11-16-17(14)15/h2,5,10H,1,7-9,11H2,3-4H3/p+1. The minimum atomic E-state index is -2.51. The summed E-state index contributed by atoms with van der Waals surface area (Å²) in [4.78, 5) is 8.49. The van der Waals surface area contributed by atoms with Gasteiger partial charge in [0.05, 0.1) is 0 Å². The molecular weight excluding hydrogens is 235 g/mol. The Labute approximate surface area is 105 Å². The van der Waals surface area contributed by atoms with Crippen LogP contribution in [0, 0.1) is 17.8 Å². The molecule has 0 aromatic carbocycles. The largest absolute Gasteiger partial charge is 0.694 e. The van der Waals surface area contributed by atoms with E-state index in [1.807, 2.05) is 26.0 Å². The number of allylic oxidation sites excluding steroid dienone is 2. The summed E-state index contributed by atoms with van der Waals surface area (Å²) < 4.78 is 14.9. The van der Waals surface area contributed by atoms with Gasteiger partial charge in [0, 0.05) is 9.98 Å². The Balaban J connectivity index is 4.47. The smallest absolute Gasteiger partial charge is 0.133 e. The van der Waals surface area contributed by atoms with E-state index in [4.69, 9.17) is 11.3 Å². The van der Waals surface area contributed by atoms with E-state index in [0.717, 1.165) is 18.4 Å². The van der Waals surface area contributed by atoms with E-state index in [1.165, 1.54) is 0 Å². The molecule has 0 heterocycles. The Bertz CT molecular complexity index is 337. The van der Waals surface area contributed by atoms with Gasteiger partial charge in [0.2, 0.25) is 0 Å². The van der Waals surface area contributed by atoms with Gasteiger partial charge in [0.1, 0.15) is 6.61 Å². The monoisotopic (exact) mass is 255 g/mol. The zero-order chi connectivity index (χ0) is 13.3. The van der Waals surface area contributed by atoms with Gasteiger partial charge in [-0.05, 0) is 33.1 Å². The molecule has 17 heavy (non-hydrogen) atoms. The lowest BCUT2D eigenvalue weighted by Crippen LogP contribution is -2.12. The second-order valence-electron chi connectivity index (χ2n) is 4.19. The molecule has 0 rings (SSSR count). The summed E-state index contributed by atoms with van der Waals surface area (Å²) in [6, 6.07) is 0. The molecule has 0 saturated carbocycles. The van der Waals surface area contributed by atoms with E-state index < -0.39 is 8.25 Å². The van der Waals surface area contributed by atoms with Crippen LogP contribution in [0.3, 0.4) is 0 Å². The van der Waals surface area contributed by atoms with Crippen molar-refractivity contribution in [3.8, 4) is 12.3 Å². The fourth-order valence-corrected chi connectivity index (χ4v) is 1.65. The van der Waals surface area contributed by atoms with Gasteiger partial charge in [-0.25, -0.2) is 0 Å². The highest BCUT2D eigenvalue weighted by atomic mass is 31.1. The summed E-state index contributed by atoms with van der Waals surface area (Å²) >= 11 is 0. The first-order valence-electron chi connectivity index (χ1n) is 5.51. The van der Waals surface area contributed by atoms with Crippen molar-refractivity contribution in [1.82, 2.24) is 0 Å². The van der Waals surface area contributed by atoms with Gasteiger partial charge in [0.15, 0.2) is 0 Å². The molecule has 0 bridgehead atoms. The molecule has 1 unspecified atom stereocenters. The molecule has 4 heteroatoms. The highest BCUT2D eigenvalue weighted by Crippen LogP contribution is 2.29. The first-order valence-corrected chi connectivity index (χ1v) is 6.64. The van der Waals surface area contributed by atoms with E-state index >= 15 is 0 Å². The van der Waals surface area contributed by atoms with Gasteiger partial charge in [-0.1, -0.05) is 23.6 Å². The van der Waals surface area contributed by atoms with Crippen LogP contribution >= 0.6 is 8.25 Å². The summed E-state index contributed by atoms with van der Waals surface area (Å²) in [5.74, 6) is 2.75. The first kappa shape index (κ1) is 16.1. The van der Waals surface area contributed by atoms with E-state index in [-0.39, 0.29) is 12.0 Å². The molecule has 0 aromatic rings. The Morgan fingerprint density at radius 2 is 2.24 bits per heavy atom. The SMILES string of the molecule is C#CC(C)(C)C(=CCCO[P+](=O)O)CCC=C. The molecule has 0 amide bonds. The minimum absolute atomic E-state index is 0.226. The zero-order valence-corrected chi connectivity index (χ0v) is 11.4. The molecule has 0 fully saturated rings. The van der Waals surface area contributed by atoms with Gasteiger partial charge in [0.25, 0.3) is 0 Å². The molecule has 0 aliphatic carbocycles. The van der Waals surface area contributed by atoms with Crippen LogP contribution < -0.4 is 0 Å². The lowest BCUT2D eigenvalue weighted by Gasteiger charge is -2.22. The highest BCUT2D eigenvalue weighted by molar-refractivity contribution is 7.32. The van der Waals surface area contributed by atoms with Crippen LogP contribution in [0.1, 0.15) is 33.1 Å². The molecule has 0 saturated heterocycles. The normalized spacial score (nSPS) is 13.1. The molecular formula is C13H20O3P+. The van der Waals surface area contributed by atoms with Gasteiger partial charge in [-0.3, -0.25) is 0 Å². The maximum absolute atomic E-state index is 10.3. The Morgan fingerprint density at radius 3 is 2.71 bits per heavy atom. The molecule has 94 valence electrons. The second-order valence-corrected chi connectivity index (χ2v) is 4.92. The maximum atomic E-state index is 10.3. The minimum Gasteiger partial charge on any atom is -0.133 e. The van der Waals surface area contributed by atoms with Crippen LogP contribution in [0.15, 0.2) is 24.3 Å². The van der Waals surface area contributed by atoms with Gasteiger partial charge >= 0.3 is 8.25 Å². The van der Waals surface area contributed by atoms with E-state index in [1.54, 1.807) is 0 Å². The molecule has 0 radical (unpaired) electrons. The lowest BCUT2D eigenvalue weighted by atomic mass is 9.82. The summed E-state index contributed by atoms with van der Waals surface area (Å²) in [6.45, 7) is 7.87. The average Bonchev–Trinajstić information content (AvgIpc) is 2.27. The molecule has 0 aliphatic heterocycles. The lowest BCUT2D eigenvalue weighted by molar-refractivity contribution is 0.286. The van der Waals surface area contributed by atoms with Crippen LogP contribution in [0.25, 0.3) is 0 Å². The Morgan fingerprint density at radius 1 is 1.59 bits per heavy atom. The summed E-state index contributed by atoms with van der Waals surface area (Å²) in [5, 5.41) is 0. The number of terminal acetylenes is 1. The first-order chi connectivity index (χ1) is 7.94. The summed E-state index contributed by atoms with van der Waals surface area (Å²) in [7, 11) is -2.51. The quantitative estimate of drug-likeness (QED) is 0.312. The van der Waals surface area contributed by atoms with Crippen molar-refractivity contribution in [2.75, 3.05) is 6.61 Å². The Hall–Kier alpha value is -0.940.